The zero-order chi connectivity index (χ0) is 6.69. The lowest BCUT2D eigenvalue weighted by atomic mass is 10.3. The SMILES string of the molecule is CC(C)CSC1CNC1. The fourth-order valence-corrected chi connectivity index (χ4v) is 1.84. The molecule has 0 aromatic carbocycles. The minimum absolute atomic E-state index is 0.857. The summed E-state index contributed by atoms with van der Waals surface area (Å²) in [6.07, 6.45) is 0. The first-order valence-corrected chi connectivity index (χ1v) is 4.66. The van der Waals surface area contributed by atoms with Crippen LogP contribution in [-0.2, 0) is 0 Å². The Morgan fingerprint density at radius 1 is 1.56 bits per heavy atom. The van der Waals surface area contributed by atoms with Crippen molar-refractivity contribution in [3.63, 3.8) is 0 Å². The monoisotopic (exact) mass is 145 g/mol. The molecule has 0 aromatic heterocycles. The maximum atomic E-state index is 3.26. The van der Waals surface area contributed by atoms with Gasteiger partial charge in [0, 0.05) is 18.3 Å². The molecule has 0 aliphatic carbocycles. The van der Waals surface area contributed by atoms with E-state index in [1.165, 1.54) is 18.8 Å². The third-order valence-corrected chi connectivity index (χ3v) is 3.07. The van der Waals surface area contributed by atoms with Crippen LogP contribution >= 0.6 is 11.8 Å². The van der Waals surface area contributed by atoms with Crippen molar-refractivity contribution in [3.8, 4) is 0 Å². The van der Waals surface area contributed by atoms with Gasteiger partial charge in [0.1, 0.15) is 0 Å². The maximum absolute atomic E-state index is 3.26. The van der Waals surface area contributed by atoms with Crippen LogP contribution in [0.15, 0.2) is 0 Å². The van der Waals surface area contributed by atoms with Gasteiger partial charge in [-0.3, -0.25) is 0 Å². The van der Waals surface area contributed by atoms with Crippen molar-refractivity contribution in [3.05, 3.63) is 0 Å². The van der Waals surface area contributed by atoms with Crippen LogP contribution in [0.25, 0.3) is 0 Å². The highest BCUT2D eigenvalue weighted by atomic mass is 32.2. The minimum atomic E-state index is 0.857. The predicted octanol–water partition coefficient (Wildman–Crippen LogP) is 1.35. The zero-order valence-electron chi connectivity index (χ0n) is 6.18. The second-order valence-electron chi connectivity index (χ2n) is 3.01. The average Bonchev–Trinajstić information content (AvgIpc) is 1.60. The van der Waals surface area contributed by atoms with Crippen LogP contribution in [0.4, 0.5) is 0 Å². The van der Waals surface area contributed by atoms with Crippen LogP contribution in [0.3, 0.4) is 0 Å². The van der Waals surface area contributed by atoms with Crippen molar-refractivity contribution in [2.75, 3.05) is 18.8 Å². The summed E-state index contributed by atoms with van der Waals surface area (Å²) in [5, 5.41) is 4.19. The highest BCUT2D eigenvalue weighted by molar-refractivity contribution is 8.00. The zero-order valence-corrected chi connectivity index (χ0v) is 7.00. The van der Waals surface area contributed by atoms with Crippen LogP contribution in [-0.4, -0.2) is 24.1 Å². The van der Waals surface area contributed by atoms with Gasteiger partial charge in [-0.2, -0.15) is 11.8 Å². The summed E-state index contributed by atoms with van der Waals surface area (Å²) in [5.41, 5.74) is 0. The number of rotatable bonds is 3. The number of nitrogens with one attached hydrogen (secondary N) is 1. The van der Waals surface area contributed by atoms with E-state index in [2.05, 4.69) is 30.9 Å². The molecule has 0 unspecified atom stereocenters. The average molecular weight is 145 g/mol. The van der Waals surface area contributed by atoms with Gasteiger partial charge < -0.3 is 5.32 Å². The molecule has 1 N–H and O–H groups in total. The van der Waals surface area contributed by atoms with Gasteiger partial charge in [-0.1, -0.05) is 13.8 Å². The molecular weight excluding hydrogens is 130 g/mol. The van der Waals surface area contributed by atoms with Gasteiger partial charge in [-0.05, 0) is 11.7 Å². The molecule has 1 fully saturated rings. The molecule has 1 nitrogen and oxygen atoms in total. The standard InChI is InChI=1S/C7H15NS/c1-6(2)5-9-7-3-8-4-7/h6-8H,3-5H2,1-2H3. The van der Waals surface area contributed by atoms with Crippen LogP contribution < -0.4 is 5.32 Å². The summed E-state index contributed by atoms with van der Waals surface area (Å²) in [7, 11) is 0. The van der Waals surface area contributed by atoms with E-state index in [9.17, 15) is 0 Å². The molecule has 0 amide bonds. The molecule has 1 saturated heterocycles. The second-order valence-corrected chi connectivity index (χ2v) is 4.34. The van der Waals surface area contributed by atoms with Gasteiger partial charge in [0.2, 0.25) is 0 Å². The summed E-state index contributed by atoms with van der Waals surface area (Å²) < 4.78 is 0. The Morgan fingerprint density at radius 3 is 2.56 bits per heavy atom. The van der Waals surface area contributed by atoms with Crippen LogP contribution in [0.2, 0.25) is 0 Å². The Balaban J connectivity index is 1.91. The highest BCUT2D eigenvalue weighted by Crippen LogP contribution is 2.17. The summed E-state index contributed by atoms with van der Waals surface area (Å²) in [5.74, 6) is 2.18. The topological polar surface area (TPSA) is 12.0 Å². The van der Waals surface area contributed by atoms with Crippen molar-refractivity contribution >= 4 is 11.8 Å². The second kappa shape index (κ2) is 3.47. The van der Waals surface area contributed by atoms with E-state index in [1.54, 1.807) is 0 Å². The predicted molar refractivity (Wildman–Crippen MR) is 44.0 cm³/mol. The number of thioether (sulfide) groups is 1. The lowest BCUT2D eigenvalue weighted by Gasteiger charge is -2.26. The molecular formula is C7H15NS. The summed E-state index contributed by atoms with van der Waals surface area (Å²) in [6, 6.07) is 0. The molecule has 0 bridgehead atoms. The summed E-state index contributed by atoms with van der Waals surface area (Å²) in [4.78, 5) is 0. The molecule has 1 aliphatic heterocycles. The molecule has 54 valence electrons. The van der Waals surface area contributed by atoms with Crippen molar-refractivity contribution in [2.45, 2.75) is 19.1 Å². The molecule has 2 heteroatoms. The van der Waals surface area contributed by atoms with E-state index >= 15 is 0 Å². The van der Waals surface area contributed by atoms with Gasteiger partial charge in [-0.25, -0.2) is 0 Å². The van der Waals surface area contributed by atoms with E-state index in [1.807, 2.05) is 0 Å². The van der Waals surface area contributed by atoms with Gasteiger partial charge >= 0.3 is 0 Å². The molecule has 0 aromatic rings. The van der Waals surface area contributed by atoms with Crippen molar-refractivity contribution < 1.29 is 0 Å². The van der Waals surface area contributed by atoms with E-state index in [0.717, 1.165) is 11.2 Å². The van der Waals surface area contributed by atoms with E-state index in [-0.39, 0.29) is 0 Å². The Hall–Kier alpha value is 0.310. The van der Waals surface area contributed by atoms with Gasteiger partial charge in [-0.15, -0.1) is 0 Å². The lowest BCUT2D eigenvalue weighted by molar-refractivity contribution is 0.542. The van der Waals surface area contributed by atoms with E-state index in [0.29, 0.717) is 0 Å². The first-order chi connectivity index (χ1) is 4.29. The minimum Gasteiger partial charge on any atom is -0.314 e. The van der Waals surface area contributed by atoms with Crippen molar-refractivity contribution in [2.24, 2.45) is 5.92 Å². The van der Waals surface area contributed by atoms with E-state index < -0.39 is 0 Å². The van der Waals surface area contributed by atoms with Crippen LogP contribution in [0, 0.1) is 5.92 Å². The van der Waals surface area contributed by atoms with Gasteiger partial charge in [0.15, 0.2) is 0 Å². The van der Waals surface area contributed by atoms with Crippen molar-refractivity contribution in [1.29, 1.82) is 0 Å². The van der Waals surface area contributed by atoms with E-state index in [4.69, 9.17) is 0 Å². The normalized spacial score (nSPS) is 20.3. The molecule has 9 heavy (non-hydrogen) atoms. The Kier molecular flexibility index (Phi) is 2.86. The molecule has 0 radical (unpaired) electrons. The number of hydrogen-bond donors (Lipinski definition) is 1. The molecule has 0 spiro atoms. The molecule has 0 atom stereocenters. The first-order valence-electron chi connectivity index (χ1n) is 3.61. The summed E-state index contributed by atoms with van der Waals surface area (Å²) >= 11 is 2.11. The molecule has 0 saturated carbocycles. The maximum Gasteiger partial charge on any atom is 0.0297 e. The Bertz CT molecular complexity index is 79.0. The molecule has 1 aliphatic rings. The number of hydrogen-bond acceptors (Lipinski definition) is 2. The first kappa shape index (κ1) is 7.42. The lowest BCUT2D eigenvalue weighted by Crippen LogP contribution is -2.44. The van der Waals surface area contributed by atoms with Crippen molar-refractivity contribution in [1.82, 2.24) is 5.32 Å². The Labute approximate surface area is 61.6 Å². The van der Waals surface area contributed by atoms with Gasteiger partial charge in [0.05, 0.1) is 0 Å². The molecule has 1 heterocycles. The fourth-order valence-electron chi connectivity index (χ4n) is 0.709. The largest absolute Gasteiger partial charge is 0.314 e. The van der Waals surface area contributed by atoms with Gasteiger partial charge in [0.25, 0.3) is 0 Å². The fraction of sp³-hybridized carbons (Fsp3) is 1.00. The van der Waals surface area contributed by atoms with Crippen LogP contribution in [0.1, 0.15) is 13.8 Å². The quantitative estimate of drug-likeness (QED) is 0.643. The third kappa shape index (κ3) is 2.59. The Morgan fingerprint density at radius 2 is 2.22 bits per heavy atom. The third-order valence-electron chi connectivity index (χ3n) is 1.41. The highest BCUT2D eigenvalue weighted by Gasteiger charge is 2.16. The summed E-state index contributed by atoms with van der Waals surface area (Å²) in [6.45, 7) is 7.02. The smallest absolute Gasteiger partial charge is 0.0297 e. The van der Waals surface area contributed by atoms with Crippen LogP contribution in [0.5, 0.6) is 0 Å². The molecule has 1 rings (SSSR count).